The van der Waals surface area contributed by atoms with E-state index < -0.39 is 0 Å². The van der Waals surface area contributed by atoms with Gasteiger partial charge < -0.3 is 11.5 Å². The first-order valence-electron chi connectivity index (χ1n) is 8.74. The van der Waals surface area contributed by atoms with E-state index in [1.165, 1.54) is 47.9 Å². The van der Waals surface area contributed by atoms with Crippen molar-refractivity contribution in [3.05, 3.63) is 58.7 Å². The van der Waals surface area contributed by atoms with E-state index in [1.54, 1.807) is 0 Å². The number of aryl methyl sites for hydroxylation is 2. The smallest absolute Gasteiger partial charge is 0.0343 e. The minimum Gasteiger partial charge on any atom is -0.399 e. The third-order valence-corrected chi connectivity index (χ3v) is 6.42. The van der Waals surface area contributed by atoms with Gasteiger partial charge in [-0.05, 0) is 79.3 Å². The molecule has 2 aliphatic carbocycles. The summed E-state index contributed by atoms with van der Waals surface area (Å²) in [6.07, 6.45) is 5.38. The first kappa shape index (κ1) is 14.6. The van der Waals surface area contributed by atoms with Gasteiger partial charge in [-0.3, -0.25) is 0 Å². The molecule has 0 saturated heterocycles. The molecule has 0 spiro atoms. The number of anilines is 2. The highest BCUT2D eigenvalue weighted by molar-refractivity contribution is 5.55. The highest BCUT2D eigenvalue weighted by Crippen LogP contribution is 2.60. The van der Waals surface area contributed by atoms with E-state index >= 15 is 0 Å². The quantitative estimate of drug-likeness (QED) is 0.798. The fourth-order valence-corrected chi connectivity index (χ4v) is 5.11. The van der Waals surface area contributed by atoms with Crippen LogP contribution in [0, 0.1) is 25.7 Å². The van der Waals surface area contributed by atoms with Crippen LogP contribution in [0.25, 0.3) is 0 Å². The Morgan fingerprint density at radius 2 is 1.43 bits per heavy atom. The summed E-state index contributed by atoms with van der Waals surface area (Å²) in [6.45, 7) is 4.24. The fraction of sp³-hybridized carbons (Fsp3) is 0.429. The summed E-state index contributed by atoms with van der Waals surface area (Å²) in [5, 5.41) is 0. The molecule has 120 valence electrons. The Hall–Kier alpha value is -1.96. The minimum atomic E-state index is 0.153. The maximum Gasteiger partial charge on any atom is 0.0343 e. The van der Waals surface area contributed by atoms with Gasteiger partial charge in [0.15, 0.2) is 0 Å². The van der Waals surface area contributed by atoms with Crippen molar-refractivity contribution in [2.75, 3.05) is 11.5 Å². The van der Waals surface area contributed by atoms with Crippen LogP contribution in [-0.4, -0.2) is 0 Å². The molecule has 0 aliphatic heterocycles. The number of benzene rings is 2. The summed E-state index contributed by atoms with van der Waals surface area (Å²) in [5.41, 5.74) is 19.3. The van der Waals surface area contributed by atoms with Gasteiger partial charge in [0.05, 0.1) is 0 Å². The molecule has 2 nitrogen and oxygen atoms in total. The Labute approximate surface area is 138 Å². The van der Waals surface area contributed by atoms with Crippen molar-refractivity contribution in [1.82, 2.24) is 0 Å². The van der Waals surface area contributed by atoms with Crippen LogP contribution >= 0.6 is 0 Å². The first-order chi connectivity index (χ1) is 11.0. The molecule has 0 heterocycles. The van der Waals surface area contributed by atoms with Gasteiger partial charge in [0.1, 0.15) is 0 Å². The molecule has 2 aliphatic rings. The van der Waals surface area contributed by atoms with Crippen molar-refractivity contribution in [2.45, 2.75) is 44.9 Å². The highest BCUT2D eigenvalue weighted by atomic mass is 14.6. The van der Waals surface area contributed by atoms with Crippen LogP contribution < -0.4 is 11.5 Å². The van der Waals surface area contributed by atoms with Crippen molar-refractivity contribution in [2.24, 2.45) is 11.8 Å². The summed E-state index contributed by atoms with van der Waals surface area (Å²) in [7, 11) is 0. The number of rotatable bonds is 2. The molecule has 2 fully saturated rings. The Morgan fingerprint density at radius 3 is 1.83 bits per heavy atom. The standard InChI is InChI=1S/C21H26N2/c1-13-9-16(5-7-19(13)22)21(12-15-3-4-18(21)11-15)17-6-8-20(23)14(2)10-17/h5-10,15,18H,3-4,11-12,22-23H2,1-2H3. The molecular formula is C21H26N2. The van der Waals surface area contributed by atoms with E-state index in [1.807, 2.05) is 0 Å². The van der Waals surface area contributed by atoms with Crippen molar-refractivity contribution < 1.29 is 0 Å². The van der Waals surface area contributed by atoms with Gasteiger partial charge in [-0.25, -0.2) is 0 Å². The Bertz CT molecular complexity index is 711. The number of hydrogen-bond donors (Lipinski definition) is 2. The normalized spacial score (nSPS) is 25.0. The van der Waals surface area contributed by atoms with Crippen LogP contribution in [0.3, 0.4) is 0 Å². The molecule has 2 aromatic rings. The van der Waals surface area contributed by atoms with Gasteiger partial charge in [-0.1, -0.05) is 30.7 Å². The Balaban J connectivity index is 1.91. The number of fused-ring (bicyclic) bond motifs is 2. The summed E-state index contributed by atoms with van der Waals surface area (Å²) in [4.78, 5) is 0. The van der Waals surface area contributed by atoms with Gasteiger partial charge in [0.25, 0.3) is 0 Å². The number of hydrogen-bond acceptors (Lipinski definition) is 2. The molecule has 2 aromatic carbocycles. The third kappa shape index (κ3) is 2.08. The molecule has 4 rings (SSSR count). The van der Waals surface area contributed by atoms with Crippen molar-refractivity contribution in [3.8, 4) is 0 Å². The number of nitrogens with two attached hydrogens (primary N) is 2. The van der Waals surface area contributed by atoms with E-state index in [2.05, 4.69) is 50.2 Å². The lowest BCUT2D eigenvalue weighted by atomic mass is 9.64. The molecule has 4 N–H and O–H groups in total. The largest absolute Gasteiger partial charge is 0.399 e. The second-order valence-electron chi connectivity index (χ2n) is 7.69. The van der Waals surface area contributed by atoms with Gasteiger partial charge in [-0.15, -0.1) is 0 Å². The zero-order valence-corrected chi connectivity index (χ0v) is 14.1. The molecule has 0 amide bonds. The average molecular weight is 306 g/mol. The molecule has 2 bridgehead atoms. The van der Waals surface area contributed by atoms with E-state index in [9.17, 15) is 0 Å². The van der Waals surface area contributed by atoms with Gasteiger partial charge in [-0.2, -0.15) is 0 Å². The summed E-state index contributed by atoms with van der Waals surface area (Å²) < 4.78 is 0. The second kappa shape index (κ2) is 5.02. The van der Waals surface area contributed by atoms with E-state index in [0.717, 1.165) is 23.2 Å². The summed E-state index contributed by atoms with van der Waals surface area (Å²) in [6, 6.07) is 13.3. The molecule has 2 saturated carbocycles. The average Bonchev–Trinajstić information content (AvgIpc) is 3.14. The lowest BCUT2D eigenvalue weighted by Crippen LogP contribution is -2.34. The summed E-state index contributed by atoms with van der Waals surface area (Å²) >= 11 is 0. The Kier molecular flexibility index (Phi) is 3.19. The van der Waals surface area contributed by atoms with Crippen LogP contribution in [-0.2, 0) is 5.41 Å². The maximum atomic E-state index is 6.07. The van der Waals surface area contributed by atoms with E-state index in [0.29, 0.717) is 0 Å². The van der Waals surface area contributed by atoms with E-state index in [4.69, 9.17) is 11.5 Å². The van der Waals surface area contributed by atoms with Crippen molar-refractivity contribution in [1.29, 1.82) is 0 Å². The molecule has 2 heteroatoms. The lowest BCUT2D eigenvalue weighted by Gasteiger charge is -2.40. The van der Waals surface area contributed by atoms with Crippen LogP contribution in [0.15, 0.2) is 36.4 Å². The zero-order valence-electron chi connectivity index (χ0n) is 14.1. The van der Waals surface area contributed by atoms with Crippen LogP contribution in [0.2, 0.25) is 0 Å². The van der Waals surface area contributed by atoms with Crippen LogP contribution in [0.5, 0.6) is 0 Å². The van der Waals surface area contributed by atoms with E-state index in [-0.39, 0.29) is 5.41 Å². The molecule has 0 aromatic heterocycles. The Morgan fingerprint density at radius 1 is 0.870 bits per heavy atom. The lowest BCUT2D eigenvalue weighted by molar-refractivity contribution is 0.320. The third-order valence-electron chi connectivity index (χ3n) is 6.42. The van der Waals surface area contributed by atoms with Gasteiger partial charge >= 0.3 is 0 Å². The predicted molar refractivity (Wildman–Crippen MR) is 97.4 cm³/mol. The monoisotopic (exact) mass is 306 g/mol. The second-order valence-corrected chi connectivity index (χ2v) is 7.69. The minimum absolute atomic E-state index is 0.153. The molecule has 2 atom stereocenters. The highest BCUT2D eigenvalue weighted by Gasteiger charge is 2.52. The fourth-order valence-electron chi connectivity index (χ4n) is 5.11. The van der Waals surface area contributed by atoms with Gasteiger partial charge in [0, 0.05) is 16.8 Å². The molecule has 23 heavy (non-hydrogen) atoms. The molecular weight excluding hydrogens is 280 g/mol. The number of nitrogen functional groups attached to an aromatic ring is 2. The molecule has 0 radical (unpaired) electrons. The van der Waals surface area contributed by atoms with Crippen molar-refractivity contribution >= 4 is 11.4 Å². The zero-order chi connectivity index (χ0) is 16.2. The van der Waals surface area contributed by atoms with Gasteiger partial charge in [0.2, 0.25) is 0 Å². The summed E-state index contributed by atoms with van der Waals surface area (Å²) in [5.74, 6) is 1.62. The van der Waals surface area contributed by atoms with Crippen molar-refractivity contribution in [3.63, 3.8) is 0 Å². The van der Waals surface area contributed by atoms with Crippen LogP contribution in [0.1, 0.15) is 47.9 Å². The topological polar surface area (TPSA) is 52.0 Å². The molecule has 2 unspecified atom stereocenters. The predicted octanol–water partition coefficient (Wildman–Crippen LogP) is 4.57. The first-order valence-corrected chi connectivity index (χ1v) is 8.74. The maximum absolute atomic E-state index is 6.07. The SMILES string of the molecule is Cc1cc(C2(c3ccc(N)c(C)c3)CC3CCC2C3)ccc1N. The van der Waals surface area contributed by atoms with Crippen LogP contribution in [0.4, 0.5) is 11.4 Å².